The Kier molecular flexibility index (Phi) is 5.35. The van der Waals surface area contributed by atoms with Crippen molar-refractivity contribution in [2.45, 2.75) is 13.3 Å². The fourth-order valence-electron chi connectivity index (χ4n) is 2.79. The monoisotopic (exact) mass is 383 g/mol. The molecule has 1 aliphatic heterocycles. The number of benzene rings is 2. The molecule has 144 valence electrons. The first-order chi connectivity index (χ1) is 13.4. The van der Waals surface area contributed by atoms with Crippen LogP contribution in [0.25, 0.3) is 0 Å². The van der Waals surface area contributed by atoms with Gasteiger partial charge in [0.25, 0.3) is 17.5 Å². The van der Waals surface area contributed by atoms with Gasteiger partial charge in [-0.1, -0.05) is 19.1 Å². The number of imide groups is 1. The van der Waals surface area contributed by atoms with Gasteiger partial charge in [0, 0.05) is 0 Å². The summed E-state index contributed by atoms with van der Waals surface area (Å²) >= 11 is 0. The molecule has 1 N–H and O–H groups in total. The van der Waals surface area contributed by atoms with Gasteiger partial charge in [-0.3, -0.25) is 29.4 Å². The first kappa shape index (κ1) is 19.0. The molecule has 0 fully saturated rings. The Bertz CT molecular complexity index is 937. The van der Waals surface area contributed by atoms with Crippen LogP contribution in [0.2, 0.25) is 0 Å². The van der Waals surface area contributed by atoms with Crippen LogP contribution in [0.1, 0.15) is 34.1 Å². The molecule has 0 atom stereocenters. The van der Waals surface area contributed by atoms with Gasteiger partial charge in [-0.15, -0.1) is 0 Å². The van der Waals surface area contributed by atoms with Crippen molar-refractivity contribution in [2.75, 3.05) is 18.5 Å². The lowest BCUT2D eigenvalue weighted by Crippen LogP contribution is -2.37. The van der Waals surface area contributed by atoms with E-state index in [4.69, 9.17) is 4.74 Å². The zero-order chi connectivity index (χ0) is 20.3. The zero-order valence-electron chi connectivity index (χ0n) is 15.0. The van der Waals surface area contributed by atoms with E-state index in [-0.39, 0.29) is 22.5 Å². The Morgan fingerprint density at radius 2 is 1.79 bits per heavy atom. The number of nitrogens with one attached hydrogen (secondary N) is 1. The molecule has 3 rings (SSSR count). The molecule has 0 spiro atoms. The average molecular weight is 383 g/mol. The van der Waals surface area contributed by atoms with Gasteiger partial charge in [-0.2, -0.15) is 0 Å². The molecule has 0 radical (unpaired) electrons. The molecule has 0 saturated heterocycles. The van der Waals surface area contributed by atoms with Crippen LogP contribution in [-0.4, -0.2) is 40.7 Å². The number of rotatable bonds is 7. The minimum atomic E-state index is -0.722. The summed E-state index contributed by atoms with van der Waals surface area (Å²) in [5, 5.41) is 13.7. The molecule has 0 aliphatic carbocycles. The van der Waals surface area contributed by atoms with Crippen molar-refractivity contribution >= 4 is 29.1 Å². The summed E-state index contributed by atoms with van der Waals surface area (Å²) in [6, 6.07) is 10.3. The number of carbonyl (C=O) groups is 3. The van der Waals surface area contributed by atoms with Crippen LogP contribution in [0.3, 0.4) is 0 Å². The highest BCUT2D eigenvalue weighted by molar-refractivity contribution is 6.22. The van der Waals surface area contributed by atoms with Crippen LogP contribution in [0.5, 0.6) is 5.75 Å². The number of ether oxygens (including phenoxy) is 1. The number of nitrogens with zero attached hydrogens (tertiary/aromatic N) is 2. The molecule has 9 heteroatoms. The average Bonchev–Trinajstić information content (AvgIpc) is 2.92. The largest absolute Gasteiger partial charge is 0.493 e. The fourth-order valence-corrected chi connectivity index (χ4v) is 2.79. The highest BCUT2D eigenvalue weighted by atomic mass is 16.6. The third kappa shape index (κ3) is 3.68. The van der Waals surface area contributed by atoms with Gasteiger partial charge in [-0.05, 0) is 30.7 Å². The maximum absolute atomic E-state index is 12.3. The van der Waals surface area contributed by atoms with E-state index < -0.39 is 29.2 Å². The molecule has 3 amide bonds. The minimum absolute atomic E-state index is 0.0459. The molecule has 2 aromatic rings. The SMILES string of the molecule is CCCOc1ccc(NC(=O)CN2C(=O)c3ccccc3C2=O)c([N+](=O)[O-])c1. The number of hydrogen-bond donors (Lipinski definition) is 1. The third-order valence-electron chi connectivity index (χ3n) is 4.09. The Balaban J connectivity index is 1.74. The van der Waals surface area contributed by atoms with Crippen molar-refractivity contribution in [3.63, 3.8) is 0 Å². The lowest BCUT2D eigenvalue weighted by atomic mass is 10.1. The number of anilines is 1. The van der Waals surface area contributed by atoms with Crippen molar-refractivity contribution in [1.29, 1.82) is 0 Å². The van der Waals surface area contributed by atoms with E-state index in [1.54, 1.807) is 12.1 Å². The summed E-state index contributed by atoms with van der Waals surface area (Å²) in [5.74, 6) is -1.56. The summed E-state index contributed by atoms with van der Waals surface area (Å²) in [7, 11) is 0. The Morgan fingerprint density at radius 1 is 1.14 bits per heavy atom. The van der Waals surface area contributed by atoms with Gasteiger partial charge in [0.05, 0.1) is 28.7 Å². The summed E-state index contributed by atoms with van der Waals surface area (Å²) in [5.41, 5.74) is 0.0622. The van der Waals surface area contributed by atoms with Crippen molar-refractivity contribution in [3.8, 4) is 5.75 Å². The molecule has 1 heterocycles. The van der Waals surface area contributed by atoms with Crippen LogP contribution >= 0.6 is 0 Å². The Hall–Kier alpha value is -3.75. The zero-order valence-corrected chi connectivity index (χ0v) is 15.0. The first-order valence-electron chi connectivity index (χ1n) is 8.58. The number of fused-ring (bicyclic) bond motifs is 1. The van der Waals surface area contributed by atoms with E-state index in [9.17, 15) is 24.5 Å². The summed E-state index contributed by atoms with van der Waals surface area (Å²) in [6.07, 6.45) is 0.743. The second-order valence-electron chi connectivity index (χ2n) is 6.07. The maximum Gasteiger partial charge on any atom is 0.296 e. The summed E-state index contributed by atoms with van der Waals surface area (Å²) < 4.78 is 5.36. The summed E-state index contributed by atoms with van der Waals surface area (Å²) in [4.78, 5) is 48.4. The van der Waals surface area contributed by atoms with E-state index >= 15 is 0 Å². The molecule has 0 bridgehead atoms. The van der Waals surface area contributed by atoms with Gasteiger partial charge in [0.1, 0.15) is 18.0 Å². The van der Waals surface area contributed by atoms with E-state index in [0.717, 1.165) is 11.3 Å². The van der Waals surface area contributed by atoms with E-state index in [0.29, 0.717) is 12.4 Å². The molecule has 0 saturated carbocycles. The predicted octanol–water partition coefficient (Wildman–Crippen LogP) is 2.62. The molecule has 28 heavy (non-hydrogen) atoms. The lowest BCUT2D eigenvalue weighted by molar-refractivity contribution is -0.384. The number of amides is 3. The van der Waals surface area contributed by atoms with Crippen LogP contribution in [0.4, 0.5) is 11.4 Å². The second kappa shape index (κ2) is 7.87. The smallest absolute Gasteiger partial charge is 0.296 e. The van der Waals surface area contributed by atoms with Crippen molar-refractivity contribution in [2.24, 2.45) is 0 Å². The maximum atomic E-state index is 12.3. The van der Waals surface area contributed by atoms with Crippen molar-refractivity contribution in [3.05, 3.63) is 63.7 Å². The summed E-state index contributed by atoms with van der Waals surface area (Å²) in [6.45, 7) is 1.77. The molecule has 0 aromatic heterocycles. The predicted molar refractivity (Wildman–Crippen MR) is 99.3 cm³/mol. The molecule has 1 aliphatic rings. The quantitative estimate of drug-likeness (QED) is 0.446. The molecular weight excluding hydrogens is 366 g/mol. The van der Waals surface area contributed by atoms with E-state index in [2.05, 4.69) is 5.32 Å². The number of hydrogen-bond acceptors (Lipinski definition) is 6. The molecule has 0 unspecified atom stereocenters. The van der Waals surface area contributed by atoms with E-state index in [1.165, 1.54) is 30.3 Å². The Morgan fingerprint density at radius 3 is 2.36 bits per heavy atom. The standard InChI is InChI=1S/C19H17N3O6/c1-2-9-28-12-7-8-15(16(10-12)22(26)27)20-17(23)11-21-18(24)13-5-3-4-6-14(13)19(21)25/h3-8,10H,2,9,11H2,1H3,(H,20,23). The number of nitro groups is 1. The topological polar surface area (TPSA) is 119 Å². The van der Waals surface area contributed by atoms with Gasteiger partial charge < -0.3 is 10.1 Å². The minimum Gasteiger partial charge on any atom is -0.493 e. The van der Waals surface area contributed by atoms with Gasteiger partial charge in [0.2, 0.25) is 5.91 Å². The van der Waals surface area contributed by atoms with Gasteiger partial charge in [-0.25, -0.2) is 0 Å². The van der Waals surface area contributed by atoms with E-state index in [1.807, 2.05) is 6.92 Å². The number of nitro benzene ring substituents is 1. The van der Waals surface area contributed by atoms with Gasteiger partial charge >= 0.3 is 0 Å². The lowest BCUT2D eigenvalue weighted by Gasteiger charge is -2.14. The van der Waals surface area contributed by atoms with Crippen LogP contribution in [0.15, 0.2) is 42.5 Å². The van der Waals surface area contributed by atoms with Crippen LogP contribution < -0.4 is 10.1 Å². The highest BCUT2D eigenvalue weighted by Crippen LogP contribution is 2.29. The van der Waals surface area contributed by atoms with Crippen molar-refractivity contribution < 1.29 is 24.0 Å². The number of carbonyl (C=O) groups excluding carboxylic acids is 3. The molecule has 2 aromatic carbocycles. The Labute approximate surface area is 160 Å². The van der Waals surface area contributed by atoms with Gasteiger partial charge in [0.15, 0.2) is 0 Å². The second-order valence-corrected chi connectivity index (χ2v) is 6.07. The van der Waals surface area contributed by atoms with Crippen molar-refractivity contribution in [1.82, 2.24) is 4.90 Å². The highest BCUT2D eigenvalue weighted by Gasteiger charge is 2.36. The normalized spacial score (nSPS) is 12.7. The van der Waals surface area contributed by atoms with Crippen LogP contribution in [-0.2, 0) is 4.79 Å². The molecular formula is C19H17N3O6. The fraction of sp³-hybridized carbons (Fsp3) is 0.211. The first-order valence-corrected chi connectivity index (χ1v) is 8.58. The molecule has 9 nitrogen and oxygen atoms in total. The third-order valence-corrected chi connectivity index (χ3v) is 4.09. The van der Waals surface area contributed by atoms with Crippen LogP contribution in [0, 0.1) is 10.1 Å².